The van der Waals surface area contributed by atoms with Crippen molar-refractivity contribution in [1.82, 2.24) is 24.6 Å². The van der Waals surface area contributed by atoms with E-state index >= 15 is 0 Å². The van der Waals surface area contributed by atoms with Crippen molar-refractivity contribution < 1.29 is 4.79 Å². The largest absolute Gasteiger partial charge is 0.342 e. The van der Waals surface area contributed by atoms with E-state index in [1.165, 1.54) is 51.6 Å². The van der Waals surface area contributed by atoms with Gasteiger partial charge in [-0.3, -0.25) is 4.79 Å². The van der Waals surface area contributed by atoms with E-state index in [2.05, 4.69) is 31.6 Å². The van der Waals surface area contributed by atoms with Crippen molar-refractivity contribution in [3.63, 3.8) is 0 Å². The molecular weight excluding hydrogens is 350 g/mol. The van der Waals surface area contributed by atoms with E-state index in [1.807, 2.05) is 6.33 Å². The molecule has 2 unspecified atom stereocenters. The quantitative estimate of drug-likeness (QED) is 0.787. The summed E-state index contributed by atoms with van der Waals surface area (Å²) in [6.45, 7) is 4.36. The van der Waals surface area contributed by atoms with Crippen molar-refractivity contribution >= 4 is 5.91 Å². The van der Waals surface area contributed by atoms with Gasteiger partial charge in [0.15, 0.2) is 0 Å². The number of carbonyl (C=O) groups is 1. The van der Waals surface area contributed by atoms with E-state index in [0.29, 0.717) is 23.2 Å². The smallest absolute Gasteiger partial charge is 0.228 e. The van der Waals surface area contributed by atoms with Crippen LogP contribution in [0.4, 0.5) is 0 Å². The first-order valence-electron chi connectivity index (χ1n) is 11.3. The second-order valence-corrected chi connectivity index (χ2v) is 11.1. The second-order valence-electron chi connectivity index (χ2n) is 11.1. The van der Waals surface area contributed by atoms with Crippen molar-refractivity contribution in [2.45, 2.75) is 63.3 Å². The number of hydrogen-bond acceptors (Lipinski definition) is 4. The van der Waals surface area contributed by atoms with Gasteiger partial charge in [0.25, 0.3) is 0 Å². The zero-order valence-corrected chi connectivity index (χ0v) is 17.1. The predicted octanol–water partition coefficient (Wildman–Crippen LogP) is 2.52. The Labute approximate surface area is 167 Å². The molecule has 0 aromatic carbocycles. The van der Waals surface area contributed by atoms with Crippen LogP contribution in [0.1, 0.15) is 57.8 Å². The molecule has 6 fully saturated rings. The molecule has 28 heavy (non-hydrogen) atoms. The molecule has 1 aromatic rings. The fourth-order valence-electron chi connectivity index (χ4n) is 8.13. The van der Waals surface area contributed by atoms with Crippen LogP contribution < -0.4 is 0 Å². The topological polar surface area (TPSA) is 54.3 Å². The molecule has 6 heteroatoms. The summed E-state index contributed by atoms with van der Waals surface area (Å²) in [4.78, 5) is 22.9. The van der Waals surface area contributed by atoms with Crippen LogP contribution in [-0.2, 0) is 10.3 Å². The Morgan fingerprint density at radius 1 is 1.04 bits per heavy atom. The summed E-state index contributed by atoms with van der Waals surface area (Å²) in [5.74, 6) is 1.87. The van der Waals surface area contributed by atoms with Crippen molar-refractivity contribution in [2.24, 2.45) is 22.7 Å². The number of hydrogen-bond donors (Lipinski definition) is 0. The number of amides is 1. The van der Waals surface area contributed by atoms with Gasteiger partial charge in [0.1, 0.15) is 12.7 Å². The molecule has 1 amide bonds. The lowest BCUT2D eigenvalue weighted by molar-refractivity contribution is -0.166. The highest BCUT2D eigenvalue weighted by Crippen LogP contribution is 2.64. The highest BCUT2D eigenvalue weighted by molar-refractivity contribution is 5.84. The predicted molar refractivity (Wildman–Crippen MR) is 105 cm³/mol. The summed E-state index contributed by atoms with van der Waals surface area (Å²) in [6.07, 6.45) is 14.2. The minimum Gasteiger partial charge on any atom is -0.342 e. The fourth-order valence-corrected chi connectivity index (χ4v) is 8.13. The maximum absolute atomic E-state index is 14.0. The highest BCUT2D eigenvalue weighted by atomic mass is 16.2. The lowest BCUT2D eigenvalue weighted by Gasteiger charge is -2.61. The molecular formula is C22H33N5O. The van der Waals surface area contributed by atoms with Gasteiger partial charge in [-0.05, 0) is 95.2 Å². The van der Waals surface area contributed by atoms with Crippen LogP contribution >= 0.6 is 0 Å². The van der Waals surface area contributed by atoms with Gasteiger partial charge in [-0.15, -0.1) is 0 Å². The molecule has 152 valence electrons. The molecule has 4 saturated carbocycles. The molecule has 7 rings (SSSR count). The van der Waals surface area contributed by atoms with Gasteiger partial charge in [-0.25, -0.2) is 9.67 Å². The number of piperidine rings is 1. The summed E-state index contributed by atoms with van der Waals surface area (Å²) in [5, 5.41) is 4.55. The number of aromatic nitrogens is 3. The van der Waals surface area contributed by atoms with Crippen molar-refractivity contribution in [3.8, 4) is 0 Å². The Balaban J connectivity index is 1.26. The summed E-state index contributed by atoms with van der Waals surface area (Å²) >= 11 is 0. The molecule has 0 N–H and O–H groups in total. The zero-order valence-electron chi connectivity index (χ0n) is 17.1. The summed E-state index contributed by atoms with van der Waals surface area (Å²) in [6, 6.07) is 0. The molecule has 0 radical (unpaired) electrons. The Bertz CT molecular complexity index is 752. The van der Waals surface area contributed by atoms with Crippen LogP contribution in [-0.4, -0.2) is 63.7 Å². The third-order valence-electron chi connectivity index (χ3n) is 9.16. The van der Waals surface area contributed by atoms with Crippen LogP contribution in [0.3, 0.4) is 0 Å². The van der Waals surface area contributed by atoms with Gasteiger partial charge < -0.3 is 9.80 Å². The minimum absolute atomic E-state index is 0.0429. The third kappa shape index (κ3) is 2.45. The fraction of sp³-hybridized carbons (Fsp3) is 0.864. The third-order valence-corrected chi connectivity index (χ3v) is 9.16. The van der Waals surface area contributed by atoms with Gasteiger partial charge >= 0.3 is 0 Å². The molecule has 6 nitrogen and oxygen atoms in total. The van der Waals surface area contributed by atoms with E-state index in [4.69, 9.17) is 0 Å². The number of carbonyl (C=O) groups excluding carboxylic acids is 1. The van der Waals surface area contributed by atoms with Gasteiger partial charge in [0, 0.05) is 13.1 Å². The number of nitrogens with zero attached hydrogens (tertiary/aromatic N) is 5. The first-order chi connectivity index (χ1) is 13.5. The molecule has 2 aliphatic heterocycles. The number of likely N-dealkylation sites (tertiary alicyclic amines) is 2. The van der Waals surface area contributed by atoms with Crippen LogP contribution in [0.15, 0.2) is 12.7 Å². The monoisotopic (exact) mass is 383 g/mol. The van der Waals surface area contributed by atoms with Gasteiger partial charge in [0.2, 0.25) is 5.91 Å². The lowest BCUT2D eigenvalue weighted by atomic mass is 9.46. The van der Waals surface area contributed by atoms with Crippen molar-refractivity contribution in [1.29, 1.82) is 0 Å². The molecule has 3 heterocycles. The molecule has 1 spiro atoms. The van der Waals surface area contributed by atoms with Gasteiger partial charge in [-0.2, -0.15) is 5.10 Å². The van der Waals surface area contributed by atoms with Crippen LogP contribution in [0, 0.1) is 22.7 Å². The van der Waals surface area contributed by atoms with Crippen molar-refractivity contribution in [2.75, 3.05) is 33.2 Å². The van der Waals surface area contributed by atoms with Gasteiger partial charge in [0.05, 0.1) is 11.0 Å². The molecule has 4 bridgehead atoms. The zero-order chi connectivity index (χ0) is 19.0. The second kappa shape index (κ2) is 5.80. The Hall–Kier alpha value is -1.43. The van der Waals surface area contributed by atoms with Gasteiger partial charge in [-0.1, -0.05) is 0 Å². The summed E-state index contributed by atoms with van der Waals surface area (Å²) in [5.41, 5.74) is 0.308. The Kier molecular flexibility index (Phi) is 3.61. The minimum atomic E-state index is -0.132. The van der Waals surface area contributed by atoms with E-state index in [9.17, 15) is 4.79 Å². The Morgan fingerprint density at radius 2 is 1.75 bits per heavy atom. The average Bonchev–Trinajstić information content (AvgIpc) is 3.34. The van der Waals surface area contributed by atoms with Crippen LogP contribution in [0.2, 0.25) is 0 Å². The summed E-state index contributed by atoms with van der Waals surface area (Å²) in [7, 11) is 2.23. The maximum atomic E-state index is 14.0. The maximum Gasteiger partial charge on any atom is 0.228 e. The standard InChI is InChI=1S/C22H33N5O/c1-25-5-2-20(3-6-25)4-7-26(14-20)19(28)21-9-17-8-18(10-21)12-22(11-17,13-21)27-16-23-15-24-27/h15-18H,2-14H2,1H3/t17-,18+,21?,22?. The van der Waals surface area contributed by atoms with Crippen molar-refractivity contribution in [3.05, 3.63) is 12.7 Å². The normalized spacial score (nSPS) is 41.8. The first kappa shape index (κ1) is 17.4. The molecule has 4 atom stereocenters. The number of rotatable bonds is 2. The van der Waals surface area contributed by atoms with Crippen LogP contribution in [0.25, 0.3) is 0 Å². The molecule has 1 aromatic heterocycles. The van der Waals surface area contributed by atoms with E-state index in [-0.39, 0.29) is 11.0 Å². The Morgan fingerprint density at radius 3 is 2.43 bits per heavy atom. The highest BCUT2D eigenvalue weighted by Gasteiger charge is 2.63. The SMILES string of the molecule is CN1CCC2(CC1)CCN(C(=O)C13C[C@H]4C[C@@H](C1)CC(n1cncn1)(C4)C3)C2. The van der Waals surface area contributed by atoms with E-state index in [0.717, 1.165) is 32.4 Å². The summed E-state index contributed by atoms with van der Waals surface area (Å²) < 4.78 is 2.12. The molecule has 4 aliphatic carbocycles. The lowest BCUT2D eigenvalue weighted by Crippen LogP contribution is -2.61. The van der Waals surface area contributed by atoms with Crippen LogP contribution in [0.5, 0.6) is 0 Å². The first-order valence-corrected chi connectivity index (χ1v) is 11.3. The van der Waals surface area contributed by atoms with E-state index in [1.54, 1.807) is 6.33 Å². The molecule has 2 saturated heterocycles. The average molecular weight is 384 g/mol. The molecule has 6 aliphatic rings. The van der Waals surface area contributed by atoms with E-state index < -0.39 is 0 Å².